The molecule has 0 spiro atoms. The number of carboxylic acid groups (broad SMARTS) is 1. The van der Waals surface area contributed by atoms with Crippen LogP contribution >= 0.6 is 0 Å². The Kier molecular flexibility index (Phi) is 1.87. The van der Waals surface area contributed by atoms with E-state index in [1.165, 1.54) is 12.5 Å². The SMILES string of the molecule is O=C(O)c1[nH]cnc1-c1nnc2cnccn12. The number of fused-ring (bicyclic) bond motifs is 1. The zero-order chi connectivity index (χ0) is 11.8. The lowest BCUT2D eigenvalue weighted by atomic mass is 10.3. The summed E-state index contributed by atoms with van der Waals surface area (Å²) >= 11 is 0. The van der Waals surface area contributed by atoms with Gasteiger partial charge in [0.05, 0.1) is 12.5 Å². The van der Waals surface area contributed by atoms with Crippen LogP contribution in [-0.2, 0) is 0 Å². The summed E-state index contributed by atoms with van der Waals surface area (Å²) in [6.45, 7) is 0. The summed E-state index contributed by atoms with van der Waals surface area (Å²) in [4.78, 5) is 21.4. The quantitative estimate of drug-likeness (QED) is 0.651. The van der Waals surface area contributed by atoms with Crippen molar-refractivity contribution in [3.8, 4) is 11.5 Å². The maximum atomic E-state index is 11.0. The lowest BCUT2D eigenvalue weighted by Crippen LogP contribution is -2.01. The number of nitrogens with one attached hydrogen (secondary N) is 1. The van der Waals surface area contributed by atoms with Crippen molar-refractivity contribution in [3.63, 3.8) is 0 Å². The highest BCUT2D eigenvalue weighted by Gasteiger charge is 2.19. The molecule has 3 rings (SSSR count). The normalized spacial score (nSPS) is 10.8. The van der Waals surface area contributed by atoms with Crippen molar-refractivity contribution in [2.24, 2.45) is 0 Å². The van der Waals surface area contributed by atoms with Gasteiger partial charge in [-0.3, -0.25) is 9.38 Å². The summed E-state index contributed by atoms with van der Waals surface area (Å²) in [5, 5.41) is 16.8. The molecule has 2 N–H and O–H groups in total. The van der Waals surface area contributed by atoms with E-state index in [0.717, 1.165) is 0 Å². The highest BCUT2D eigenvalue weighted by molar-refractivity contribution is 5.91. The maximum Gasteiger partial charge on any atom is 0.354 e. The first-order valence-corrected chi connectivity index (χ1v) is 4.69. The van der Waals surface area contributed by atoms with E-state index < -0.39 is 5.97 Å². The molecule has 0 unspecified atom stereocenters. The van der Waals surface area contributed by atoms with Gasteiger partial charge in [0.2, 0.25) is 0 Å². The number of H-pyrrole nitrogens is 1. The second kappa shape index (κ2) is 3.37. The van der Waals surface area contributed by atoms with E-state index in [1.54, 1.807) is 16.8 Å². The zero-order valence-electron chi connectivity index (χ0n) is 8.40. The van der Waals surface area contributed by atoms with Crippen LogP contribution in [0.2, 0.25) is 0 Å². The van der Waals surface area contributed by atoms with Crippen LogP contribution in [0.15, 0.2) is 24.9 Å². The van der Waals surface area contributed by atoms with Gasteiger partial charge in [0.25, 0.3) is 0 Å². The Bertz CT molecular complexity index is 700. The van der Waals surface area contributed by atoms with Gasteiger partial charge in [-0.2, -0.15) is 0 Å². The van der Waals surface area contributed by atoms with Gasteiger partial charge in [0.1, 0.15) is 5.69 Å². The van der Waals surface area contributed by atoms with E-state index in [9.17, 15) is 4.79 Å². The van der Waals surface area contributed by atoms with Crippen molar-refractivity contribution < 1.29 is 9.90 Å². The first-order chi connectivity index (χ1) is 8.27. The molecule has 0 radical (unpaired) electrons. The summed E-state index contributed by atoms with van der Waals surface area (Å²) < 4.78 is 1.62. The van der Waals surface area contributed by atoms with Crippen LogP contribution in [-0.4, -0.2) is 40.6 Å². The number of aromatic carboxylic acids is 1. The fourth-order valence-corrected chi connectivity index (χ4v) is 1.54. The van der Waals surface area contributed by atoms with Gasteiger partial charge >= 0.3 is 5.97 Å². The van der Waals surface area contributed by atoms with Crippen molar-refractivity contribution in [3.05, 3.63) is 30.6 Å². The topological polar surface area (TPSA) is 109 Å². The lowest BCUT2D eigenvalue weighted by molar-refractivity contribution is 0.0692. The minimum absolute atomic E-state index is 0.0175. The highest BCUT2D eigenvalue weighted by atomic mass is 16.4. The van der Waals surface area contributed by atoms with Gasteiger partial charge in [-0.25, -0.2) is 9.78 Å². The Morgan fingerprint density at radius 1 is 1.41 bits per heavy atom. The van der Waals surface area contributed by atoms with Gasteiger partial charge in [-0.1, -0.05) is 0 Å². The lowest BCUT2D eigenvalue weighted by Gasteiger charge is -1.96. The fourth-order valence-electron chi connectivity index (χ4n) is 1.54. The highest BCUT2D eigenvalue weighted by Crippen LogP contribution is 2.18. The first-order valence-electron chi connectivity index (χ1n) is 4.69. The van der Waals surface area contributed by atoms with Crippen LogP contribution in [0.4, 0.5) is 0 Å². The number of carboxylic acids is 1. The standard InChI is InChI=1S/C9H6N6O2/c16-9(17)7-6(11-4-12-7)8-14-13-5-3-10-1-2-15(5)8/h1-4H,(H,11,12)(H,16,17). The minimum Gasteiger partial charge on any atom is -0.477 e. The number of nitrogens with zero attached hydrogens (tertiary/aromatic N) is 5. The average Bonchev–Trinajstić information content (AvgIpc) is 2.94. The van der Waals surface area contributed by atoms with Crippen molar-refractivity contribution >= 4 is 11.6 Å². The zero-order valence-corrected chi connectivity index (χ0v) is 8.40. The molecule has 0 aliphatic rings. The third-order valence-corrected chi connectivity index (χ3v) is 2.28. The van der Waals surface area contributed by atoms with Gasteiger partial charge in [0, 0.05) is 12.4 Å². The van der Waals surface area contributed by atoms with Crippen LogP contribution in [0.3, 0.4) is 0 Å². The Balaban J connectivity index is 2.28. The van der Waals surface area contributed by atoms with Crippen LogP contribution < -0.4 is 0 Å². The number of aromatic amines is 1. The molecule has 3 aromatic heterocycles. The smallest absolute Gasteiger partial charge is 0.354 e. The third kappa shape index (κ3) is 1.34. The van der Waals surface area contributed by atoms with E-state index in [4.69, 9.17) is 5.11 Å². The summed E-state index contributed by atoms with van der Waals surface area (Å²) in [5.74, 6) is -0.732. The molecule has 0 saturated heterocycles. The van der Waals surface area contributed by atoms with Crippen LogP contribution in [0.5, 0.6) is 0 Å². The molecule has 0 atom stereocenters. The van der Waals surface area contributed by atoms with Crippen LogP contribution in [0, 0.1) is 0 Å². The fraction of sp³-hybridized carbons (Fsp3) is 0. The molecule has 3 heterocycles. The van der Waals surface area contributed by atoms with Gasteiger partial charge in [-0.05, 0) is 0 Å². The molecule has 8 heteroatoms. The van der Waals surface area contributed by atoms with Gasteiger partial charge in [0.15, 0.2) is 17.2 Å². The molecule has 0 fully saturated rings. The summed E-state index contributed by atoms with van der Waals surface area (Å²) in [6, 6.07) is 0. The van der Waals surface area contributed by atoms with Crippen LogP contribution in [0.25, 0.3) is 17.2 Å². The molecule has 0 aliphatic heterocycles. The molecule has 8 nitrogen and oxygen atoms in total. The second-order valence-electron chi connectivity index (χ2n) is 3.26. The Labute approximate surface area is 94.0 Å². The van der Waals surface area contributed by atoms with Gasteiger partial charge in [-0.15, -0.1) is 10.2 Å². The predicted molar refractivity (Wildman–Crippen MR) is 55.3 cm³/mol. The Morgan fingerprint density at radius 3 is 3.12 bits per heavy atom. The van der Waals surface area contributed by atoms with E-state index in [0.29, 0.717) is 11.5 Å². The van der Waals surface area contributed by atoms with E-state index in [1.807, 2.05) is 0 Å². The molecule has 0 aliphatic carbocycles. The average molecular weight is 230 g/mol. The number of rotatable bonds is 2. The molecular formula is C9H6N6O2. The number of imidazole rings is 1. The van der Waals surface area contributed by atoms with Gasteiger partial charge < -0.3 is 10.1 Å². The largest absolute Gasteiger partial charge is 0.477 e. The van der Waals surface area contributed by atoms with Crippen molar-refractivity contribution in [2.75, 3.05) is 0 Å². The van der Waals surface area contributed by atoms with E-state index >= 15 is 0 Å². The molecule has 0 aromatic carbocycles. The summed E-state index contributed by atoms with van der Waals surface area (Å²) in [6.07, 6.45) is 6.04. The molecule has 17 heavy (non-hydrogen) atoms. The van der Waals surface area contributed by atoms with E-state index in [2.05, 4.69) is 25.1 Å². The molecule has 3 aromatic rings. The molecule has 84 valence electrons. The monoisotopic (exact) mass is 230 g/mol. The molecule has 0 saturated carbocycles. The maximum absolute atomic E-state index is 11.0. The van der Waals surface area contributed by atoms with Crippen molar-refractivity contribution in [1.82, 2.24) is 29.5 Å². The number of aromatic nitrogens is 6. The molecule has 0 bridgehead atoms. The second-order valence-corrected chi connectivity index (χ2v) is 3.26. The van der Waals surface area contributed by atoms with Crippen molar-refractivity contribution in [1.29, 1.82) is 0 Å². The molecule has 0 amide bonds. The van der Waals surface area contributed by atoms with Crippen LogP contribution in [0.1, 0.15) is 10.5 Å². The van der Waals surface area contributed by atoms with Crippen molar-refractivity contribution in [2.45, 2.75) is 0 Å². The van der Waals surface area contributed by atoms with E-state index in [-0.39, 0.29) is 11.4 Å². The number of carbonyl (C=O) groups is 1. The Hall–Kier alpha value is -2.77. The third-order valence-electron chi connectivity index (χ3n) is 2.28. The Morgan fingerprint density at radius 2 is 2.29 bits per heavy atom. The molecular weight excluding hydrogens is 224 g/mol. The minimum atomic E-state index is -1.09. The summed E-state index contributed by atoms with van der Waals surface area (Å²) in [5.41, 5.74) is 0.758. The summed E-state index contributed by atoms with van der Waals surface area (Å²) in [7, 11) is 0. The first kappa shape index (κ1) is 9.46. The number of hydrogen-bond acceptors (Lipinski definition) is 5. The number of hydrogen-bond donors (Lipinski definition) is 2. The predicted octanol–water partition coefficient (Wildman–Crippen LogP) is 0.213.